The monoisotopic (exact) mass is 346 g/mol. The molecule has 0 saturated heterocycles. The highest BCUT2D eigenvalue weighted by molar-refractivity contribution is 8.00. The number of thioether (sulfide) groups is 1. The van der Waals surface area contributed by atoms with Gasteiger partial charge in [-0.15, -0.1) is 10.2 Å². The zero-order valence-corrected chi connectivity index (χ0v) is 14.2. The molecule has 1 amide bonds. The topological polar surface area (TPSA) is 59.8 Å². The molecule has 2 aliphatic carbocycles. The summed E-state index contributed by atoms with van der Waals surface area (Å²) < 4.78 is 15.5. The van der Waals surface area contributed by atoms with Gasteiger partial charge in [0.15, 0.2) is 5.16 Å². The van der Waals surface area contributed by atoms with Crippen LogP contribution in [-0.4, -0.2) is 25.9 Å². The molecule has 0 bridgehead atoms. The average molecular weight is 346 g/mol. The summed E-state index contributed by atoms with van der Waals surface area (Å²) in [6, 6.07) is 6.42. The standard InChI is InChI=1S/C17H19FN4OS/c1-10(16(23)19-13-4-2-3-12(18)9-13)24-17-21-20-15(11-5-6-11)22(17)14-7-8-14/h2-4,9-11,14H,5-8H2,1H3,(H,19,23)/t10-/m0/s1. The van der Waals surface area contributed by atoms with Crippen molar-refractivity contribution in [3.05, 3.63) is 35.9 Å². The molecule has 1 heterocycles. The molecule has 1 N–H and O–H groups in total. The van der Waals surface area contributed by atoms with Gasteiger partial charge in [-0.3, -0.25) is 4.79 Å². The number of nitrogens with zero attached hydrogens (tertiary/aromatic N) is 3. The minimum absolute atomic E-state index is 0.163. The normalized spacial score (nSPS) is 18.4. The number of hydrogen-bond donors (Lipinski definition) is 1. The Balaban J connectivity index is 1.46. The molecule has 1 atom stereocenters. The fraction of sp³-hybridized carbons (Fsp3) is 0.471. The summed E-state index contributed by atoms with van der Waals surface area (Å²) in [5.74, 6) is 1.10. The van der Waals surface area contributed by atoms with Crippen LogP contribution in [0.1, 0.15) is 50.4 Å². The molecule has 2 saturated carbocycles. The second-order valence-corrected chi connectivity index (χ2v) is 7.78. The third-order valence-electron chi connectivity index (χ3n) is 4.29. The van der Waals surface area contributed by atoms with Gasteiger partial charge in [0.25, 0.3) is 0 Å². The van der Waals surface area contributed by atoms with E-state index in [1.165, 1.54) is 36.7 Å². The Hall–Kier alpha value is -1.89. The molecule has 2 aromatic rings. The van der Waals surface area contributed by atoms with Crippen LogP contribution in [0.5, 0.6) is 0 Å². The van der Waals surface area contributed by atoms with E-state index in [1.54, 1.807) is 12.1 Å². The third kappa shape index (κ3) is 3.31. The summed E-state index contributed by atoms with van der Waals surface area (Å²) in [4.78, 5) is 12.4. The predicted octanol–water partition coefficient (Wildman–Crippen LogP) is 3.75. The van der Waals surface area contributed by atoms with Crippen LogP contribution in [0.4, 0.5) is 10.1 Å². The molecular weight excluding hydrogens is 327 g/mol. The Morgan fingerprint density at radius 2 is 2.12 bits per heavy atom. The van der Waals surface area contributed by atoms with E-state index in [0.29, 0.717) is 17.6 Å². The Bertz CT molecular complexity index is 770. The first-order valence-electron chi connectivity index (χ1n) is 8.29. The SMILES string of the molecule is C[C@H](Sc1nnc(C2CC2)n1C1CC1)C(=O)Nc1cccc(F)c1. The first-order chi connectivity index (χ1) is 11.6. The van der Waals surface area contributed by atoms with Crippen molar-refractivity contribution in [3.8, 4) is 0 Å². The van der Waals surface area contributed by atoms with E-state index in [9.17, 15) is 9.18 Å². The molecule has 0 unspecified atom stereocenters. The van der Waals surface area contributed by atoms with Crippen LogP contribution in [0.3, 0.4) is 0 Å². The molecule has 24 heavy (non-hydrogen) atoms. The minimum atomic E-state index is -0.365. The number of rotatable bonds is 6. The molecule has 126 valence electrons. The Morgan fingerprint density at radius 3 is 2.79 bits per heavy atom. The number of hydrogen-bond acceptors (Lipinski definition) is 4. The molecule has 2 aliphatic rings. The molecule has 4 rings (SSSR count). The van der Waals surface area contributed by atoms with Gasteiger partial charge in [0.05, 0.1) is 5.25 Å². The van der Waals surface area contributed by atoms with Crippen molar-refractivity contribution >= 4 is 23.4 Å². The number of halogens is 1. The van der Waals surface area contributed by atoms with Gasteiger partial charge in [-0.1, -0.05) is 17.8 Å². The quantitative estimate of drug-likeness (QED) is 0.809. The number of aromatic nitrogens is 3. The van der Waals surface area contributed by atoms with Crippen molar-refractivity contribution in [1.82, 2.24) is 14.8 Å². The van der Waals surface area contributed by atoms with Crippen molar-refractivity contribution in [2.75, 3.05) is 5.32 Å². The highest BCUT2D eigenvalue weighted by atomic mass is 32.2. The minimum Gasteiger partial charge on any atom is -0.325 e. The molecule has 7 heteroatoms. The smallest absolute Gasteiger partial charge is 0.237 e. The Kier molecular flexibility index (Phi) is 4.04. The van der Waals surface area contributed by atoms with Crippen molar-refractivity contribution in [3.63, 3.8) is 0 Å². The van der Waals surface area contributed by atoms with Gasteiger partial charge < -0.3 is 9.88 Å². The summed E-state index contributed by atoms with van der Waals surface area (Å²) in [7, 11) is 0. The van der Waals surface area contributed by atoms with E-state index in [-0.39, 0.29) is 17.0 Å². The lowest BCUT2D eigenvalue weighted by Crippen LogP contribution is -2.23. The first kappa shape index (κ1) is 15.6. The Morgan fingerprint density at radius 1 is 1.33 bits per heavy atom. The highest BCUT2D eigenvalue weighted by Crippen LogP contribution is 2.46. The zero-order valence-electron chi connectivity index (χ0n) is 13.4. The van der Waals surface area contributed by atoms with Crippen molar-refractivity contribution < 1.29 is 9.18 Å². The van der Waals surface area contributed by atoms with Crippen molar-refractivity contribution in [1.29, 1.82) is 0 Å². The maximum absolute atomic E-state index is 13.2. The summed E-state index contributed by atoms with van der Waals surface area (Å²) in [5, 5.41) is 11.9. The van der Waals surface area contributed by atoms with E-state index < -0.39 is 0 Å². The molecule has 5 nitrogen and oxygen atoms in total. The van der Waals surface area contributed by atoms with Crippen LogP contribution < -0.4 is 5.32 Å². The van der Waals surface area contributed by atoms with E-state index in [4.69, 9.17) is 0 Å². The van der Waals surface area contributed by atoms with Crippen LogP contribution in [-0.2, 0) is 4.79 Å². The summed E-state index contributed by atoms with van der Waals surface area (Å²) in [5.41, 5.74) is 0.467. The van der Waals surface area contributed by atoms with E-state index in [2.05, 4.69) is 20.1 Å². The number of carbonyl (C=O) groups excluding carboxylic acids is 1. The van der Waals surface area contributed by atoms with E-state index in [0.717, 1.165) is 23.8 Å². The fourth-order valence-electron chi connectivity index (χ4n) is 2.69. The van der Waals surface area contributed by atoms with Gasteiger partial charge in [0.2, 0.25) is 5.91 Å². The Labute approximate surface area is 144 Å². The molecule has 1 aromatic heterocycles. The van der Waals surface area contributed by atoms with Gasteiger partial charge in [-0.25, -0.2) is 4.39 Å². The van der Waals surface area contributed by atoms with Crippen LogP contribution in [0.2, 0.25) is 0 Å². The van der Waals surface area contributed by atoms with Gasteiger partial charge in [-0.05, 0) is 50.8 Å². The number of amides is 1. The molecular formula is C17H19FN4OS. The number of anilines is 1. The van der Waals surface area contributed by atoms with E-state index in [1.807, 2.05) is 6.92 Å². The molecule has 2 fully saturated rings. The first-order valence-corrected chi connectivity index (χ1v) is 9.17. The second-order valence-electron chi connectivity index (χ2n) is 6.48. The number of benzene rings is 1. The summed E-state index contributed by atoms with van der Waals surface area (Å²) in [6.07, 6.45) is 4.70. The fourth-order valence-corrected chi connectivity index (χ4v) is 3.61. The van der Waals surface area contributed by atoms with Crippen LogP contribution in [0.15, 0.2) is 29.4 Å². The van der Waals surface area contributed by atoms with Crippen molar-refractivity contribution in [2.24, 2.45) is 0 Å². The molecule has 1 aromatic carbocycles. The maximum atomic E-state index is 13.2. The van der Waals surface area contributed by atoms with E-state index >= 15 is 0 Å². The van der Waals surface area contributed by atoms with Gasteiger partial charge in [0, 0.05) is 17.6 Å². The van der Waals surface area contributed by atoms with Crippen LogP contribution in [0, 0.1) is 5.82 Å². The van der Waals surface area contributed by atoms with Crippen LogP contribution >= 0.6 is 11.8 Å². The van der Waals surface area contributed by atoms with Gasteiger partial charge in [0.1, 0.15) is 11.6 Å². The van der Waals surface area contributed by atoms with Crippen molar-refractivity contribution in [2.45, 2.75) is 55.0 Å². The molecule has 0 aliphatic heterocycles. The third-order valence-corrected chi connectivity index (χ3v) is 5.35. The molecule has 0 spiro atoms. The van der Waals surface area contributed by atoms with Gasteiger partial charge >= 0.3 is 0 Å². The number of carbonyl (C=O) groups is 1. The largest absolute Gasteiger partial charge is 0.325 e. The maximum Gasteiger partial charge on any atom is 0.237 e. The lowest BCUT2D eigenvalue weighted by molar-refractivity contribution is -0.115. The summed E-state index contributed by atoms with van der Waals surface area (Å²) >= 11 is 1.42. The molecule has 0 radical (unpaired) electrons. The number of nitrogens with one attached hydrogen (secondary N) is 1. The van der Waals surface area contributed by atoms with Gasteiger partial charge in [-0.2, -0.15) is 0 Å². The highest BCUT2D eigenvalue weighted by Gasteiger charge is 2.37. The predicted molar refractivity (Wildman–Crippen MR) is 90.6 cm³/mol. The lowest BCUT2D eigenvalue weighted by Gasteiger charge is -2.13. The van der Waals surface area contributed by atoms with Crippen LogP contribution in [0.25, 0.3) is 0 Å². The summed E-state index contributed by atoms with van der Waals surface area (Å²) in [6.45, 7) is 1.84. The zero-order chi connectivity index (χ0) is 16.7. The lowest BCUT2D eigenvalue weighted by atomic mass is 10.3. The second kappa shape index (κ2) is 6.20. The average Bonchev–Trinajstić information content (AvgIpc) is 3.46.